The van der Waals surface area contributed by atoms with Crippen LogP contribution in [0.15, 0.2) is 23.1 Å². The van der Waals surface area contributed by atoms with Gasteiger partial charge < -0.3 is 19.1 Å². The number of hydrogen-bond acceptors (Lipinski definition) is 7. The fraction of sp³-hybridized carbons (Fsp3) is 0.619. The van der Waals surface area contributed by atoms with Crippen LogP contribution in [-0.2, 0) is 24.3 Å². The molecule has 2 saturated heterocycles. The highest BCUT2D eigenvalue weighted by Crippen LogP contribution is 2.29. The van der Waals surface area contributed by atoms with E-state index in [1.807, 2.05) is 13.8 Å². The van der Waals surface area contributed by atoms with Crippen molar-refractivity contribution in [2.24, 2.45) is 0 Å². The number of methoxy groups -OCH3 is 1. The van der Waals surface area contributed by atoms with E-state index in [0.717, 1.165) is 19.3 Å². The minimum Gasteiger partial charge on any atom is -0.495 e. The standard InChI is InChI=1S/C21H30N2O7S/c1-15-5-4-6-16(2)23(15)20(24)14-30-21(25)17-7-8-18(28-3)19(13-17)31(26,27)22-9-11-29-12-10-22/h7-8,13,15-16H,4-6,9-12,14H2,1-3H3/t15-,16+. The largest absolute Gasteiger partial charge is 0.495 e. The van der Waals surface area contributed by atoms with Gasteiger partial charge in [0.15, 0.2) is 6.61 Å². The van der Waals surface area contributed by atoms with E-state index in [2.05, 4.69) is 0 Å². The highest BCUT2D eigenvalue weighted by atomic mass is 32.2. The summed E-state index contributed by atoms with van der Waals surface area (Å²) in [4.78, 5) is 26.8. The number of amides is 1. The van der Waals surface area contributed by atoms with Gasteiger partial charge in [-0.25, -0.2) is 13.2 Å². The number of carbonyl (C=O) groups is 2. The van der Waals surface area contributed by atoms with E-state index >= 15 is 0 Å². The average molecular weight is 455 g/mol. The molecule has 1 aromatic rings. The molecule has 31 heavy (non-hydrogen) atoms. The molecule has 0 bridgehead atoms. The molecule has 10 heteroatoms. The molecule has 2 heterocycles. The van der Waals surface area contributed by atoms with Gasteiger partial charge in [-0.1, -0.05) is 0 Å². The summed E-state index contributed by atoms with van der Waals surface area (Å²) in [6.45, 7) is 4.65. The van der Waals surface area contributed by atoms with E-state index in [-0.39, 0.29) is 53.9 Å². The number of benzene rings is 1. The van der Waals surface area contributed by atoms with E-state index in [1.54, 1.807) is 4.90 Å². The molecule has 0 unspecified atom stereocenters. The molecule has 2 aliphatic heterocycles. The number of carbonyl (C=O) groups excluding carboxylic acids is 2. The van der Waals surface area contributed by atoms with Crippen molar-refractivity contribution < 1.29 is 32.2 Å². The lowest BCUT2D eigenvalue weighted by atomic mass is 9.97. The number of sulfonamides is 1. The molecule has 2 fully saturated rings. The third kappa shape index (κ3) is 5.19. The highest BCUT2D eigenvalue weighted by molar-refractivity contribution is 7.89. The van der Waals surface area contributed by atoms with Crippen molar-refractivity contribution in [3.05, 3.63) is 23.8 Å². The second-order valence-electron chi connectivity index (χ2n) is 7.89. The topological polar surface area (TPSA) is 102 Å². The first-order chi connectivity index (χ1) is 14.8. The molecular formula is C21H30N2O7S. The van der Waals surface area contributed by atoms with E-state index < -0.39 is 16.0 Å². The lowest BCUT2D eigenvalue weighted by Crippen LogP contribution is -2.49. The Hall–Kier alpha value is -2.17. The van der Waals surface area contributed by atoms with Crippen LogP contribution in [-0.4, -0.2) is 81.6 Å². The van der Waals surface area contributed by atoms with Crippen LogP contribution in [0.3, 0.4) is 0 Å². The normalized spacial score (nSPS) is 22.7. The lowest BCUT2D eigenvalue weighted by molar-refractivity contribution is -0.140. The van der Waals surface area contributed by atoms with Gasteiger partial charge in [0.1, 0.15) is 10.6 Å². The van der Waals surface area contributed by atoms with E-state index in [1.165, 1.54) is 29.6 Å². The first kappa shape index (κ1) is 23.5. The molecule has 0 aliphatic carbocycles. The Morgan fingerprint density at radius 3 is 2.39 bits per heavy atom. The molecule has 2 atom stereocenters. The molecule has 0 spiro atoms. The summed E-state index contributed by atoms with van der Waals surface area (Å²) >= 11 is 0. The SMILES string of the molecule is COc1ccc(C(=O)OCC(=O)N2[C@H](C)CCC[C@@H]2C)cc1S(=O)(=O)N1CCOCC1. The second kappa shape index (κ2) is 9.97. The van der Waals surface area contributed by atoms with Gasteiger partial charge in [-0.15, -0.1) is 0 Å². The number of esters is 1. The fourth-order valence-corrected chi connectivity index (χ4v) is 5.72. The Balaban J connectivity index is 1.74. The molecular weight excluding hydrogens is 424 g/mol. The number of likely N-dealkylation sites (tertiary alicyclic amines) is 1. The van der Waals surface area contributed by atoms with Crippen LogP contribution in [0.25, 0.3) is 0 Å². The van der Waals surface area contributed by atoms with Crippen LogP contribution in [0.1, 0.15) is 43.5 Å². The van der Waals surface area contributed by atoms with Crippen LogP contribution < -0.4 is 4.74 Å². The predicted octanol–water partition coefficient (Wildman–Crippen LogP) is 1.66. The minimum atomic E-state index is -3.88. The Morgan fingerprint density at radius 2 is 1.77 bits per heavy atom. The zero-order valence-corrected chi connectivity index (χ0v) is 19.0. The quantitative estimate of drug-likeness (QED) is 0.603. The maximum Gasteiger partial charge on any atom is 0.338 e. The van der Waals surface area contributed by atoms with Gasteiger partial charge in [0, 0.05) is 25.2 Å². The smallest absolute Gasteiger partial charge is 0.338 e. The second-order valence-corrected chi connectivity index (χ2v) is 9.79. The molecule has 0 N–H and O–H groups in total. The number of ether oxygens (including phenoxy) is 3. The Kier molecular flexibility index (Phi) is 7.55. The first-order valence-corrected chi connectivity index (χ1v) is 11.9. The monoisotopic (exact) mass is 454 g/mol. The van der Waals surface area contributed by atoms with Crippen molar-refractivity contribution in [1.29, 1.82) is 0 Å². The third-order valence-electron chi connectivity index (χ3n) is 5.80. The third-order valence-corrected chi connectivity index (χ3v) is 7.72. The molecule has 1 aromatic carbocycles. The lowest BCUT2D eigenvalue weighted by Gasteiger charge is -2.38. The van der Waals surface area contributed by atoms with Gasteiger partial charge >= 0.3 is 5.97 Å². The van der Waals surface area contributed by atoms with Crippen molar-refractivity contribution in [3.63, 3.8) is 0 Å². The average Bonchev–Trinajstić information content (AvgIpc) is 2.77. The highest BCUT2D eigenvalue weighted by Gasteiger charge is 2.31. The van der Waals surface area contributed by atoms with E-state index in [4.69, 9.17) is 14.2 Å². The molecule has 0 saturated carbocycles. The van der Waals surface area contributed by atoms with E-state index in [9.17, 15) is 18.0 Å². The molecule has 0 radical (unpaired) electrons. The zero-order chi connectivity index (χ0) is 22.6. The van der Waals surface area contributed by atoms with Crippen LogP contribution >= 0.6 is 0 Å². The van der Waals surface area contributed by atoms with Gasteiger partial charge in [-0.3, -0.25) is 4.79 Å². The summed E-state index contributed by atoms with van der Waals surface area (Å²) in [5, 5.41) is 0. The maximum absolute atomic E-state index is 13.1. The molecule has 1 amide bonds. The van der Waals surface area contributed by atoms with Crippen molar-refractivity contribution in [2.75, 3.05) is 40.0 Å². The summed E-state index contributed by atoms with van der Waals surface area (Å²) < 4.78 is 43.1. The Morgan fingerprint density at radius 1 is 1.13 bits per heavy atom. The Labute approximate surface area is 183 Å². The van der Waals surface area contributed by atoms with Crippen LogP contribution in [0.5, 0.6) is 5.75 Å². The van der Waals surface area contributed by atoms with Gasteiger partial charge in [0.25, 0.3) is 5.91 Å². The number of rotatable bonds is 6. The molecule has 172 valence electrons. The summed E-state index contributed by atoms with van der Waals surface area (Å²) in [5.74, 6) is -0.871. The predicted molar refractivity (Wildman–Crippen MR) is 112 cm³/mol. The van der Waals surface area contributed by atoms with Gasteiger partial charge in [-0.05, 0) is 51.3 Å². The fourth-order valence-electron chi connectivity index (χ4n) is 4.13. The summed E-state index contributed by atoms with van der Waals surface area (Å²) in [7, 11) is -2.51. The molecule has 2 aliphatic rings. The van der Waals surface area contributed by atoms with Gasteiger partial charge in [0.2, 0.25) is 10.0 Å². The van der Waals surface area contributed by atoms with Crippen molar-refractivity contribution in [2.45, 2.75) is 50.1 Å². The Bertz CT molecular complexity index is 902. The molecule has 3 rings (SSSR count). The van der Waals surface area contributed by atoms with Crippen LogP contribution in [0.4, 0.5) is 0 Å². The van der Waals surface area contributed by atoms with Crippen molar-refractivity contribution >= 4 is 21.9 Å². The number of morpholine rings is 1. The van der Waals surface area contributed by atoms with Gasteiger partial charge in [0.05, 0.1) is 25.9 Å². The van der Waals surface area contributed by atoms with Crippen molar-refractivity contribution in [1.82, 2.24) is 9.21 Å². The number of piperidine rings is 1. The number of hydrogen-bond donors (Lipinski definition) is 0. The van der Waals surface area contributed by atoms with Crippen LogP contribution in [0, 0.1) is 0 Å². The molecule has 0 aromatic heterocycles. The zero-order valence-electron chi connectivity index (χ0n) is 18.2. The van der Waals surface area contributed by atoms with Crippen molar-refractivity contribution in [3.8, 4) is 5.75 Å². The summed E-state index contributed by atoms with van der Waals surface area (Å²) in [5.41, 5.74) is 0.0418. The first-order valence-electron chi connectivity index (χ1n) is 10.5. The van der Waals surface area contributed by atoms with Crippen LogP contribution in [0.2, 0.25) is 0 Å². The van der Waals surface area contributed by atoms with E-state index in [0.29, 0.717) is 13.2 Å². The van der Waals surface area contributed by atoms with Gasteiger partial charge in [-0.2, -0.15) is 4.31 Å². The molecule has 9 nitrogen and oxygen atoms in total. The number of nitrogens with zero attached hydrogens (tertiary/aromatic N) is 2. The maximum atomic E-state index is 13.1. The summed E-state index contributed by atoms with van der Waals surface area (Å²) in [6.07, 6.45) is 2.91. The summed E-state index contributed by atoms with van der Waals surface area (Å²) in [6, 6.07) is 4.28. The minimum absolute atomic E-state index is 0.0418.